The third-order valence-corrected chi connectivity index (χ3v) is 3.85. The first-order valence-corrected chi connectivity index (χ1v) is 5.81. The standard InChI is InChI=1S/C12H20O/c1-9-4-2-7-11(8-9)12(13)10-5-3-6-10/h9-11H,2-8H2,1H3. The predicted molar refractivity (Wildman–Crippen MR) is 53.5 cm³/mol. The largest absolute Gasteiger partial charge is 0.299 e. The summed E-state index contributed by atoms with van der Waals surface area (Å²) in [4.78, 5) is 11.9. The summed E-state index contributed by atoms with van der Waals surface area (Å²) < 4.78 is 0. The van der Waals surface area contributed by atoms with Gasteiger partial charge in [0.05, 0.1) is 0 Å². The second-order valence-electron chi connectivity index (χ2n) is 5.00. The van der Waals surface area contributed by atoms with Crippen LogP contribution < -0.4 is 0 Å². The molecule has 2 aliphatic rings. The summed E-state index contributed by atoms with van der Waals surface area (Å²) in [5.74, 6) is 2.31. The molecule has 1 nitrogen and oxygen atoms in total. The minimum Gasteiger partial charge on any atom is -0.299 e. The van der Waals surface area contributed by atoms with Gasteiger partial charge < -0.3 is 0 Å². The van der Waals surface area contributed by atoms with Crippen molar-refractivity contribution in [3.63, 3.8) is 0 Å². The second kappa shape index (κ2) is 3.81. The van der Waals surface area contributed by atoms with Crippen molar-refractivity contribution in [2.75, 3.05) is 0 Å². The zero-order chi connectivity index (χ0) is 9.26. The fourth-order valence-corrected chi connectivity index (χ4v) is 2.72. The Morgan fingerprint density at radius 1 is 1.00 bits per heavy atom. The molecule has 2 saturated carbocycles. The van der Waals surface area contributed by atoms with Crippen LogP contribution in [0.25, 0.3) is 0 Å². The van der Waals surface area contributed by atoms with Gasteiger partial charge in [-0.05, 0) is 31.6 Å². The fourth-order valence-electron chi connectivity index (χ4n) is 2.72. The van der Waals surface area contributed by atoms with Crippen LogP contribution in [0.3, 0.4) is 0 Å². The lowest BCUT2D eigenvalue weighted by atomic mass is 9.72. The minimum atomic E-state index is 0.439. The number of Topliss-reactive ketones (excluding diaryl/α,β-unsaturated/α-hetero) is 1. The number of carbonyl (C=O) groups is 1. The van der Waals surface area contributed by atoms with Crippen molar-refractivity contribution in [1.82, 2.24) is 0 Å². The van der Waals surface area contributed by atoms with Gasteiger partial charge in [0.15, 0.2) is 0 Å². The average molecular weight is 180 g/mol. The zero-order valence-corrected chi connectivity index (χ0v) is 8.59. The van der Waals surface area contributed by atoms with Crippen molar-refractivity contribution in [3.05, 3.63) is 0 Å². The summed E-state index contributed by atoms with van der Waals surface area (Å²) in [6.45, 7) is 2.29. The van der Waals surface area contributed by atoms with Crippen molar-refractivity contribution in [1.29, 1.82) is 0 Å². The fraction of sp³-hybridized carbons (Fsp3) is 0.917. The number of hydrogen-bond donors (Lipinski definition) is 0. The molecule has 0 amide bonds. The molecule has 0 N–H and O–H groups in total. The van der Waals surface area contributed by atoms with Crippen molar-refractivity contribution in [3.8, 4) is 0 Å². The van der Waals surface area contributed by atoms with Crippen LogP contribution in [0.15, 0.2) is 0 Å². The Bertz CT molecular complexity index is 193. The molecule has 2 fully saturated rings. The van der Waals surface area contributed by atoms with Gasteiger partial charge in [-0.1, -0.05) is 26.2 Å². The van der Waals surface area contributed by atoms with Gasteiger partial charge in [0.1, 0.15) is 5.78 Å². The van der Waals surface area contributed by atoms with E-state index in [1.165, 1.54) is 44.9 Å². The highest BCUT2D eigenvalue weighted by Crippen LogP contribution is 2.36. The van der Waals surface area contributed by atoms with E-state index >= 15 is 0 Å². The Morgan fingerprint density at radius 3 is 2.15 bits per heavy atom. The van der Waals surface area contributed by atoms with E-state index in [2.05, 4.69) is 6.92 Å². The van der Waals surface area contributed by atoms with Crippen LogP contribution >= 0.6 is 0 Å². The maximum atomic E-state index is 11.9. The molecule has 0 aromatic rings. The van der Waals surface area contributed by atoms with E-state index in [9.17, 15) is 4.79 Å². The first-order chi connectivity index (χ1) is 6.27. The maximum Gasteiger partial charge on any atom is 0.139 e. The van der Waals surface area contributed by atoms with Crippen LogP contribution in [0.4, 0.5) is 0 Å². The molecule has 2 rings (SSSR count). The van der Waals surface area contributed by atoms with E-state index in [1.807, 2.05) is 0 Å². The first kappa shape index (κ1) is 9.23. The quantitative estimate of drug-likeness (QED) is 0.638. The molecule has 0 bridgehead atoms. The van der Waals surface area contributed by atoms with Gasteiger partial charge in [0.25, 0.3) is 0 Å². The molecule has 0 saturated heterocycles. The SMILES string of the molecule is CC1CCCC(C(=O)C2CCC2)C1. The van der Waals surface area contributed by atoms with Crippen LogP contribution in [0.2, 0.25) is 0 Å². The molecular formula is C12H20O. The van der Waals surface area contributed by atoms with Crippen LogP contribution in [0.1, 0.15) is 51.9 Å². The third kappa shape index (κ3) is 1.95. The van der Waals surface area contributed by atoms with Gasteiger partial charge in [0.2, 0.25) is 0 Å². The Labute approximate surface area is 80.9 Å². The molecular weight excluding hydrogens is 160 g/mol. The van der Waals surface area contributed by atoms with Gasteiger partial charge in [0, 0.05) is 11.8 Å². The van der Waals surface area contributed by atoms with Gasteiger partial charge in [-0.15, -0.1) is 0 Å². The molecule has 1 heteroatoms. The van der Waals surface area contributed by atoms with Crippen LogP contribution in [-0.2, 0) is 4.79 Å². The Kier molecular flexibility index (Phi) is 2.71. The van der Waals surface area contributed by atoms with Crippen molar-refractivity contribution >= 4 is 5.78 Å². The Balaban J connectivity index is 1.87. The second-order valence-corrected chi connectivity index (χ2v) is 5.00. The first-order valence-electron chi connectivity index (χ1n) is 5.81. The van der Waals surface area contributed by atoms with Crippen molar-refractivity contribution in [2.24, 2.45) is 17.8 Å². The third-order valence-electron chi connectivity index (χ3n) is 3.85. The number of ketones is 1. The van der Waals surface area contributed by atoms with E-state index in [4.69, 9.17) is 0 Å². The van der Waals surface area contributed by atoms with Gasteiger partial charge in [-0.25, -0.2) is 0 Å². The lowest BCUT2D eigenvalue weighted by molar-refractivity contribution is -0.130. The van der Waals surface area contributed by atoms with E-state index < -0.39 is 0 Å². The van der Waals surface area contributed by atoms with E-state index in [0.29, 0.717) is 17.6 Å². The molecule has 0 aliphatic heterocycles. The summed E-state index contributed by atoms with van der Waals surface area (Å²) in [5.41, 5.74) is 0. The van der Waals surface area contributed by atoms with E-state index in [1.54, 1.807) is 0 Å². The van der Waals surface area contributed by atoms with Crippen molar-refractivity contribution < 1.29 is 4.79 Å². The summed E-state index contributed by atoms with van der Waals surface area (Å²) >= 11 is 0. The van der Waals surface area contributed by atoms with Gasteiger partial charge >= 0.3 is 0 Å². The number of carbonyl (C=O) groups excluding carboxylic acids is 1. The highest BCUT2D eigenvalue weighted by molar-refractivity contribution is 5.84. The van der Waals surface area contributed by atoms with Gasteiger partial charge in [-0.2, -0.15) is 0 Å². The highest BCUT2D eigenvalue weighted by atomic mass is 16.1. The number of hydrogen-bond acceptors (Lipinski definition) is 1. The molecule has 13 heavy (non-hydrogen) atoms. The zero-order valence-electron chi connectivity index (χ0n) is 8.59. The van der Waals surface area contributed by atoms with Crippen LogP contribution in [0, 0.1) is 17.8 Å². The minimum absolute atomic E-state index is 0.439. The molecule has 0 spiro atoms. The maximum absolute atomic E-state index is 11.9. The smallest absolute Gasteiger partial charge is 0.139 e. The monoisotopic (exact) mass is 180 g/mol. The van der Waals surface area contributed by atoms with Gasteiger partial charge in [-0.3, -0.25) is 4.79 Å². The van der Waals surface area contributed by atoms with Crippen molar-refractivity contribution in [2.45, 2.75) is 51.9 Å². The molecule has 2 atom stereocenters. The molecule has 0 heterocycles. The number of rotatable bonds is 2. The Hall–Kier alpha value is -0.330. The molecule has 0 radical (unpaired) electrons. The molecule has 0 aromatic heterocycles. The topological polar surface area (TPSA) is 17.1 Å². The average Bonchev–Trinajstić information content (AvgIpc) is 2.01. The summed E-state index contributed by atoms with van der Waals surface area (Å²) in [6.07, 6.45) is 8.64. The normalized spacial score (nSPS) is 35.5. The lowest BCUT2D eigenvalue weighted by Gasteiger charge is -2.32. The molecule has 0 aromatic carbocycles. The van der Waals surface area contributed by atoms with Crippen LogP contribution in [-0.4, -0.2) is 5.78 Å². The Morgan fingerprint density at radius 2 is 1.62 bits per heavy atom. The van der Waals surface area contributed by atoms with E-state index in [0.717, 1.165) is 5.92 Å². The molecule has 2 aliphatic carbocycles. The summed E-state index contributed by atoms with van der Waals surface area (Å²) in [5, 5.41) is 0. The summed E-state index contributed by atoms with van der Waals surface area (Å²) in [7, 11) is 0. The van der Waals surface area contributed by atoms with E-state index in [-0.39, 0.29) is 0 Å². The van der Waals surface area contributed by atoms with Crippen LogP contribution in [0.5, 0.6) is 0 Å². The summed E-state index contributed by atoms with van der Waals surface area (Å²) in [6, 6.07) is 0. The predicted octanol–water partition coefficient (Wildman–Crippen LogP) is 3.18. The molecule has 2 unspecified atom stereocenters. The molecule has 74 valence electrons. The highest BCUT2D eigenvalue weighted by Gasteiger charge is 2.33. The lowest BCUT2D eigenvalue weighted by Crippen LogP contribution is -2.31.